The van der Waals surface area contributed by atoms with E-state index in [1.54, 1.807) is 0 Å². The zero-order valence-corrected chi connectivity index (χ0v) is 10.7. The van der Waals surface area contributed by atoms with Crippen LogP contribution in [0, 0.1) is 5.92 Å². The summed E-state index contributed by atoms with van der Waals surface area (Å²) in [4.78, 5) is 5.91. The molecule has 0 bridgehead atoms. The molecule has 1 aromatic heterocycles. The van der Waals surface area contributed by atoms with Crippen molar-refractivity contribution in [1.29, 1.82) is 0 Å². The summed E-state index contributed by atoms with van der Waals surface area (Å²) in [6.07, 6.45) is 4.99. The molecule has 1 aliphatic carbocycles. The molecular formula is C11H19ClN2S. The summed E-state index contributed by atoms with van der Waals surface area (Å²) < 4.78 is 0. The van der Waals surface area contributed by atoms with Gasteiger partial charge in [0.1, 0.15) is 0 Å². The lowest BCUT2D eigenvalue weighted by Crippen LogP contribution is -3.00. The Kier molecular flexibility index (Phi) is 5.58. The second-order valence-electron chi connectivity index (χ2n) is 4.04. The lowest BCUT2D eigenvalue weighted by Gasteiger charge is -2.21. The number of aromatic nitrogens is 1. The third-order valence-electron chi connectivity index (χ3n) is 2.85. The van der Waals surface area contributed by atoms with E-state index >= 15 is 0 Å². The molecular weight excluding hydrogens is 228 g/mol. The first-order valence-corrected chi connectivity index (χ1v) is 6.40. The van der Waals surface area contributed by atoms with Crippen molar-refractivity contribution in [3.63, 3.8) is 0 Å². The SMILES string of the molecule is CCCNCC1CCc2ncsc2C1.[Cl-].[H+]. The maximum absolute atomic E-state index is 4.39. The van der Waals surface area contributed by atoms with Crippen LogP contribution in [0.25, 0.3) is 0 Å². The third kappa shape index (κ3) is 3.44. The quantitative estimate of drug-likeness (QED) is 0.716. The topological polar surface area (TPSA) is 24.9 Å². The molecule has 0 radical (unpaired) electrons. The van der Waals surface area contributed by atoms with Crippen molar-refractivity contribution in [2.75, 3.05) is 13.1 Å². The van der Waals surface area contributed by atoms with Gasteiger partial charge in [-0.3, -0.25) is 0 Å². The predicted octanol–water partition coefficient (Wildman–Crippen LogP) is -0.636. The minimum absolute atomic E-state index is 0. The second kappa shape index (κ2) is 6.46. The van der Waals surface area contributed by atoms with E-state index in [4.69, 9.17) is 0 Å². The molecule has 1 N–H and O–H groups in total. The summed E-state index contributed by atoms with van der Waals surface area (Å²) in [6.45, 7) is 4.56. The molecule has 15 heavy (non-hydrogen) atoms. The molecule has 1 heterocycles. The van der Waals surface area contributed by atoms with Gasteiger partial charge in [-0.1, -0.05) is 6.92 Å². The Morgan fingerprint density at radius 2 is 2.53 bits per heavy atom. The molecule has 0 aromatic carbocycles. The smallest absolute Gasteiger partial charge is 1.00 e. The highest BCUT2D eigenvalue weighted by atomic mass is 35.5. The molecule has 86 valence electrons. The Balaban J connectivity index is 0.00000112. The molecule has 2 rings (SSSR count). The van der Waals surface area contributed by atoms with Gasteiger partial charge < -0.3 is 17.7 Å². The average molecular weight is 247 g/mol. The van der Waals surface area contributed by atoms with Gasteiger partial charge in [-0.25, -0.2) is 4.98 Å². The molecule has 0 fully saturated rings. The van der Waals surface area contributed by atoms with Gasteiger partial charge in [0, 0.05) is 4.88 Å². The Morgan fingerprint density at radius 1 is 1.67 bits per heavy atom. The summed E-state index contributed by atoms with van der Waals surface area (Å²) in [7, 11) is 0. The van der Waals surface area contributed by atoms with Crippen molar-refractivity contribution in [2.45, 2.75) is 32.6 Å². The van der Waals surface area contributed by atoms with Crippen molar-refractivity contribution in [3.8, 4) is 0 Å². The highest BCUT2D eigenvalue weighted by molar-refractivity contribution is 7.09. The largest absolute Gasteiger partial charge is 1.00 e. The van der Waals surface area contributed by atoms with Crippen molar-refractivity contribution >= 4 is 11.3 Å². The van der Waals surface area contributed by atoms with Crippen LogP contribution in [0.15, 0.2) is 5.51 Å². The standard InChI is InChI=1S/C11H18N2S.ClH/c1-2-5-12-7-9-3-4-10-11(6-9)14-8-13-10;/h8-9,12H,2-7H2,1H3;1H. The van der Waals surface area contributed by atoms with Crippen molar-refractivity contribution < 1.29 is 13.8 Å². The van der Waals surface area contributed by atoms with Gasteiger partial charge in [0.15, 0.2) is 0 Å². The molecule has 2 nitrogen and oxygen atoms in total. The predicted molar refractivity (Wildman–Crippen MR) is 61.9 cm³/mol. The minimum atomic E-state index is 0. The highest BCUT2D eigenvalue weighted by Crippen LogP contribution is 2.27. The minimum Gasteiger partial charge on any atom is -1.00 e. The Bertz CT molecular complexity index is 293. The number of thiazole rings is 1. The molecule has 0 saturated carbocycles. The third-order valence-corrected chi connectivity index (χ3v) is 3.75. The number of hydrogen-bond acceptors (Lipinski definition) is 3. The lowest BCUT2D eigenvalue weighted by atomic mass is 9.91. The van der Waals surface area contributed by atoms with Crippen molar-refractivity contribution in [1.82, 2.24) is 10.3 Å². The molecule has 1 unspecified atom stereocenters. The fourth-order valence-electron chi connectivity index (χ4n) is 2.03. The summed E-state index contributed by atoms with van der Waals surface area (Å²) in [5, 5.41) is 3.51. The van der Waals surface area contributed by atoms with Crippen LogP contribution in [-0.4, -0.2) is 18.1 Å². The van der Waals surface area contributed by atoms with E-state index in [2.05, 4.69) is 17.2 Å². The van der Waals surface area contributed by atoms with E-state index in [1.807, 2.05) is 16.8 Å². The van der Waals surface area contributed by atoms with Gasteiger partial charge in [0.25, 0.3) is 0 Å². The Labute approximate surface area is 103 Å². The van der Waals surface area contributed by atoms with Crippen molar-refractivity contribution in [2.24, 2.45) is 5.92 Å². The van der Waals surface area contributed by atoms with E-state index in [0.29, 0.717) is 0 Å². The van der Waals surface area contributed by atoms with Crippen LogP contribution in [0.4, 0.5) is 0 Å². The molecule has 4 heteroatoms. The van der Waals surface area contributed by atoms with Gasteiger partial charge >= 0.3 is 1.43 Å². The number of nitrogens with zero attached hydrogens (tertiary/aromatic N) is 1. The fraction of sp³-hybridized carbons (Fsp3) is 0.727. The van der Waals surface area contributed by atoms with Gasteiger partial charge in [0.05, 0.1) is 11.2 Å². The number of hydrogen-bond donors (Lipinski definition) is 1. The van der Waals surface area contributed by atoms with Crippen molar-refractivity contribution in [3.05, 3.63) is 16.1 Å². The number of rotatable bonds is 4. The normalized spacial score (nSPS) is 19.4. The maximum Gasteiger partial charge on any atom is 1.00 e. The van der Waals surface area contributed by atoms with Gasteiger partial charge in [-0.15, -0.1) is 11.3 Å². The van der Waals surface area contributed by atoms with Crippen LogP contribution in [-0.2, 0) is 12.8 Å². The Morgan fingerprint density at radius 3 is 3.33 bits per heavy atom. The zero-order valence-electron chi connectivity index (χ0n) is 10.1. The van der Waals surface area contributed by atoms with E-state index in [0.717, 1.165) is 12.5 Å². The highest BCUT2D eigenvalue weighted by Gasteiger charge is 2.19. The van der Waals surface area contributed by atoms with E-state index in [1.165, 1.54) is 42.8 Å². The number of aryl methyl sites for hydroxylation is 1. The fourth-order valence-corrected chi connectivity index (χ4v) is 2.96. The average Bonchev–Trinajstić information content (AvgIpc) is 2.65. The van der Waals surface area contributed by atoms with Crippen LogP contribution >= 0.6 is 11.3 Å². The monoisotopic (exact) mass is 246 g/mol. The first-order valence-electron chi connectivity index (χ1n) is 5.52. The number of nitrogens with one attached hydrogen (secondary N) is 1. The maximum atomic E-state index is 4.39. The summed E-state index contributed by atoms with van der Waals surface area (Å²) in [5.41, 5.74) is 3.36. The molecule has 1 atom stereocenters. The van der Waals surface area contributed by atoms with Gasteiger partial charge in [-0.2, -0.15) is 0 Å². The molecule has 0 aliphatic heterocycles. The first-order chi connectivity index (χ1) is 6.90. The zero-order chi connectivity index (χ0) is 9.80. The van der Waals surface area contributed by atoms with E-state index < -0.39 is 0 Å². The van der Waals surface area contributed by atoms with Crippen LogP contribution in [0.5, 0.6) is 0 Å². The van der Waals surface area contributed by atoms with E-state index in [-0.39, 0.29) is 13.8 Å². The summed E-state index contributed by atoms with van der Waals surface area (Å²) in [5.74, 6) is 0.842. The second-order valence-corrected chi connectivity index (χ2v) is 4.97. The molecule has 0 spiro atoms. The number of halogens is 1. The van der Waals surface area contributed by atoms with Gasteiger partial charge in [0.2, 0.25) is 0 Å². The van der Waals surface area contributed by atoms with E-state index in [9.17, 15) is 0 Å². The van der Waals surface area contributed by atoms with Crippen LogP contribution in [0.1, 0.15) is 31.8 Å². The molecule has 1 aliphatic rings. The first kappa shape index (κ1) is 12.9. The molecule has 0 amide bonds. The molecule has 1 aromatic rings. The lowest BCUT2D eigenvalue weighted by molar-refractivity contribution is -0.00000301. The summed E-state index contributed by atoms with van der Waals surface area (Å²) in [6, 6.07) is 0. The van der Waals surface area contributed by atoms with Crippen LogP contribution < -0.4 is 17.7 Å². The van der Waals surface area contributed by atoms with Gasteiger partial charge in [-0.05, 0) is 44.7 Å². The van der Waals surface area contributed by atoms with Crippen LogP contribution in [0.3, 0.4) is 0 Å². The Hall–Kier alpha value is -0.120. The molecule has 0 saturated heterocycles. The van der Waals surface area contributed by atoms with Crippen LogP contribution in [0.2, 0.25) is 0 Å². The number of fused-ring (bicyclic) bond motifs is 1. The summed E-state index contributed by atoms with van der Waals surface area (Å²) >= 11 is 1.83.